The molecular weight excluding hydrogens is 410 g/mol. The molecule has 1 saturated heterocycles. The van der Waals surface area contributed by atoms with Crippen molar-refractivity contribution in [1.29, 1.82) is 0 Å². The largest absolute Gasteiger partial charge is 0.468 e. The Hall–Kier alpha value is -3.31. The van der Waals surface area contributed by atoms with Gasteiger partial charge in [0.05, 0.1) is 12.8 Å². The molecule has 2 N–H and O–H groups in total. The normalized spacial score (nSPS) is 14.3. The molecule has 33 heavy (non-hydrogen) atoms. The lowest BCUT2D eigenvalue weighted by atomic mass is 9.88. The fourth-order valence-corrected chi connectivity index (χ4v) is 4.60. The van der Waals surface area contributed by atoms with Crippen LogP contribution in [-0.2, 0) is 6.54 Å². The Balaban J connectivity index is 1.62. The number of nitrogens with zero attached hydrogens (tertiary/aromatic N) is 2. The zero-order chi connectivity index (χ0) is 23.2. The quantitative estimate of drug-likeness (QED) is 0.494. The van der Waals surface area contributed by atoms with Crippen LogP contribution < -0.4 is 5.73 Å². The molecular formula is C28H33N3O2. The molecule has 1 aliphatic rings. The average molecular weight is 444 g/mol. The molecule has 5 heteroatoms. The van der Waals surface area contributed by atoms with E-state index in [0.29, 0.717) is 13.1 Å². The molecule has 1 fully saturated rings. The Morgan fingerprint density at radius 3 is 2.24 bits per heavy atom. The van der Waals surface area contributed by atoms with E-state index in [9.17, 15) is 4.79 Å². The highest BCUT2D eigenvalue weighted by atomic mass is 16.3. The highest BCUT2D eigenvalue weighted by Crippen LogP contribution is 2.33. The van der Waals surface area contributed by atoms with Crippen molar-refractivity contribution in [2.75, 3.05) is 31.9 Å². The smallest absolute Gasteiger partial charge is 0.253 e. The van der Waals surface area contributed by atoms with Crippen LogP contribution in [-0.4, -0.2) is 41.9 Å². The van der Waals surface area contributed by atoms with Gasteiger partial charge < -0.3 is 15.1 Å². The maximum absolute atomic E-state index is 12.8. The molecule has 5 nitrogen and oxygen atoms in total. The van der Waals surface area contributed by atoms with E-state index < -0.39 is 0 Å². The first kappa shape index (κ1) is 22.9. The minimum absolute atomic E-state index is 0.0796. The van der Waals surface area contributed by atoms with Crippen molar-refractivity contribution in [2.45, 2.75) is 33.2 Å². The van der Waals surface area contributed by atoms with Gasteiger partial charge in [-0.2, -0.15) is 0 Å². The first-order chi connectivity index (χ1) is 16.1. The van der Waals surface area contributed by atoms with E-state index in [2.05, 4.69) is 23.1 Å². The minimum atomic E-state index is 0.0796. The third-order valence-corrected chi connectivity index (χ3v) is 6.42. The lowest BCUT2D eigenvalue weighted by Crippen LogP contribution is -2.30. The zero-order valence-electron chi connectivity index (χ0n) is 19.6. The fourth-order valence-electron chi connectivity index (χ4n) is 4.60. The molecule has 1 aliphatic heterocycles. The zero-order valence-corrected chi connectivity index (χ0v) is 19.6. The molecule has 4 rings (SSSR count). The lowest BCUT2D eigenvalue weighted by Gasteiger charge is -2.29. The number of nitrogens with two attached hydrogens (primary N) is 1. The number of nitrogen functional groups attached to an aromatic ring is 1. The van der Waals surface area contributed by atoms with Gasteiger partial charge >= 0.3 is 0 Å². The number of furan rings is 1. The number of hydrogen-bond acceptors (Lipinski definition) is 4. The number of likely N-dealkylation sites (tertiary alicyclic amines) is 1. The average Bonchev–Trinajstić information content (AvgIpc) is 3.35. The van der Waals surface area contributed by atoms with Crippen LogP contribution in [0.2, 0.25) is 0 Å². The molecule has 172 valence electrons. The Labute approximate surface area is 196 Å². The minimum Gasteiger partial charge on any atom is -0.468 e. The van der Waals surface area contributed by atoms with E-state index in [-0.39, 0.29) is 5.91 Å². The van der Waals surface area contributed by atoms with Crippen molar-refractivity contribution in [3.8, 4) is 0 Å². The van der Waals surface area contributed by atoms with E-state index in [1.807, 2.05) is 61.2 Å². The summed E-state index contributed by atoms with van der Waals surface area (Å²) in [5.74, 6) is 1.09. The summed E-state index contributed by atoms with van der Waals surface area (Å²) in [6.07, 6.45) is 3.72. The van der Waals surface area contributed by atoms with Gasteiger partial charge in [-0.15, -0.1) is 0 Å². The molecule has 1 amide bonds. The van der Waals surface area contributed by atoms with Crippen LogP contribution in [0.5, 0.6) is 0 Å². The van der Waals surface area contributed by atoms with E-state index in [1.54, 1.807) is 6.26 Å². The van der Waals surface area contributed by atoms with Gasteiger partial charge in [0.2, 0.25) is 0 Å². The lowest BCUT2D eigenvalue weighted by molar-refractivity contribution is 0.0773. The monoisotopic (exact) mass is 443 g/mol. The molecule has 0 bridgehead atoms. The first-order valence-electron chi connectivity index (χ1n) is 11.8. The number of carbonyl (C=O) groups is 1. The van der Waals surface area contributed by atoms with Crippen molar-refractivity contribution >= 4 is 17.2 Å². The predicted octanol–water partition coefficient (Wildman–Crippen LogP) is 5.44. The van der Waals surface area contributed by atoms with Crippen LogP contribution in [0.25, 0.3) is 5.57 Å². The SMILES string of the molecule is CCN(CC)C(=O)c1ccc(C(=C2CCN(Cc3ccco3)CC2)c2cccc(N)c2)cc1. The molecule has 2 heterocycles. The molecule has 0 unspecified atom stereocenters. The van der Waals surface area contributed by atoms with Crippen LogP contribution in [0.4, 0.5) is 5.69 Å². The standard InChI is InChI=1S/C28H33N3O2/c1-3-31(4-2)28(32)23-12-10-21(11-13-23)27(24-7-5-8-25(29)19-24)22-14-16-30(17-15-22)20-26-9-6-18-33-26/h5-13,18-19H,3-4,14-17,20,29H2,1-2H3. The summed E-state index contributed by atoms with van der Waals surface area (Å²) < 4.78 is 5.53. The number of benzene rings is 2. The van der Waals surface area contributed by atoms with Crippen LogP contribution in [0.1, 0.15) is 53.9 Å². The van der Waals surface area contributed by atoms with Crippen LogP contribution in [0.15, 0.2) is 76.9 Å². The van der Waals surface area contributed by atoms with E-state index in [1.165, 1.54) is 11.1 Å². The number of carbonyl (C=O) groups excluding carboxylic acids is 1. The Morgan fingerprint density at radius 2 is 1.64 bits per heavy atom. The molecule has 0 aliphatic carbocycles. The summed E-state index contributed by atoms with van der Waals surface area (Å²) in [7, 11) is 0. The van der Waals surface area contributed by atoms with Crippen molar-refractivity contribution in [3.63, 3.8) is 0 Å². The highest BCUT2D eigenvalue weighted by molar-refractivity contribution is 5.95. The van der Waals surface area contributed by atoms with Crippen molar-refractivity contribution in [2.24, 2.45) is 0 Å². The van der Waals surface area contributed by atoms with Crippen LogP contribution >= 0.6 is 0 Å². The number of anilines is 1. The van der Waals surface area contributed by atoms with Crippen LogP contribution in [0, 0.1) is 0 Å². The molecule has 0 atom stereocenters. The third kappa shape index (κ3) is 5.37. The number of rotatable bonds is 7. The van der Waals surface area contributed by atoms with Gasteiger partial charge in [0, 0.05) is 37.4 Å². The van der Waals surface area contributed by atoms with E-state index >= 15 is 0 Å². The second kappa shape index (κ2) is 10.5. The summed E-state index contributed by atoms with van der Waals surface area (Å²) >= 11 is 0. The van der Waals surface area contributed by atoms with Gasteiger partial charge in [0.1, 0.15) is 5.76 Å². The topological polar surface area (TPSA) is 62.7 Å². The van der Waals surface area contributed by atoms with Crippen molar-refractivity contribution < 1.29 is 9.21 Å². The van der Waals surface area contributed by atoms with Gasteiger partial charge in [0.15, 0.2) is 0 Å². The van der Waals surface area contributed by atoms with Crippen molar-refractivity contribution in [3.05, 3.63) is 95.0 Å². The third-order valence-electron chi connectivity index (χ3n) is 6.42. The van der Waals surface area contributed by atoms with Gasteiger partial charge in [-0.25, -0.2) is 0 Å². The maximum atomic E-state index is 12.8. The second-order valence-electron chi connectivity index (χ2n) is 8.51. The Kier molecular flexibility index (Phi) is 7.30. The molecule has 1 aromatic heterocycles. The summed E-state index contributed by atoms with van der Waals surface area (Å²) in [5.41, 5.74) is 12.6. The van der Waals surface area contributed by atoms with Crippen LogP contribution in [0.3, 0.4) is 0 Å². The van der Waals surface area contributed by atoms with Crippen molar-refractivity contribution in [1.82, 2.24) is 9.80 Å². The summed E-state index contributed by atoms with van der Waals surface area (Å²) in [6.45, 7) is 8.26. The predicted molar refractivity (Wildman–Crippen MR) is 134 cm³/mol. The maximum Gasteiger partial charge on any atom is 0.253 e. The van der Waals surface area contributed by atoms with Gasteiger partial charge in [-0.3, -0.25) is 9.69 Å². The van der Waals surface area contributed by atoms with Gasteiger partial charge in [-0.1, -0.05) is 29.8 Å². The second-order valence-corrected chi connectivity index (χ2v) is 8.51. The molecule has 0 spiro atoms. The number of hydrogen-bond donors (Lipinski definition) is 1. The summed E-state index contributed by atoms with van der Waals surface area (Å²) in [4.78, 5) is 17.0. The molecule has 0 saturated carbocycles. The molecule has 0 radical (unpaired) electrons. The van der Waals surface area contributed by atoms with E-state index in [0.717, 1.165) is 60.6 Å². The summed E-state index contributed by atoms with van der Waals surface area (Å²) in [5, 5.41) is 0. The van der Waals surface area contributed by atoms with Gasteiger partial charge in [0.25, 0.3) is 5.91 Å². The fraction of sp³-hybridized carbons (Fsp3) is 0.321. The number of piperidine rings is 1. The Bertz CT molecular complexity index is 1090. The molecule has 2 aromatic carbocycles. The van der Waals surface area contributed by atoms with E-state index in [4.69, 9.17) is 10.2 Å². The number of amides is 1. The van der Waals surface area contributed by atoms with Gasteiger partial charge in [-0.05, 0) is 79.8 Å². The first-order valence-corrected chi connectivity index (χ1v) is 11.8. The Morgan fingerprint density at radius 1 is 0.939 bits per heavy atom. The summed E-state index contributed by atoms with van der Waals surface area (Å²) in [6, 6.07) is 20.1. The molecule has 3 aromatic rings. The highest BCUT2D eigenvalue weighted by Gasteiger charge is 2.20.